The lowest BCUT2D eigenvalue weighted by Gasteiger charge is -2.27. The van der Waals surface area contributed by atoms with Crippen molar-refractivity contribution >= 4 is 18.3 Å². The van der Waals surface area contributed by atoms with E-state index in [1.54, 1.807) is 6.07 Å². The number of thiol groups is 1. The highest BCUT2D eigenvalue weighted by atomic mass is 32.1. The molecule has 16 heavy (non-hydrogen) atoms. The maximum atomic E-state index is 13.5. The Balaban J connectivity index is 2.72. The van der Waals surface area contributed by atoms with Crippen LogP contribution in [-0.4, -0.2) is 19.3 Å². The van der Waals surface area contributed by atoms with Gasteiger partial charge in [0.05, 0.1) is 5.69 Å². The number of para-hydroxylation sites is 1. The topological polar surface area (TPSA) is 3.24 Å². The highest BCUT2D eigenvalue weighted by Crippen LogP contribution is 2.21. The van der Waals surface area contributed by atoms with Crippen LogP contribution in [0, 0.1) is 17.7 Å². The average Bonchev–Trinajstić information content (AvgIpc) is 2.25. The van der Waals surface area contributed by atoms with Gasteiger partial charge in [-0.25, -0.2) is 4.39 Å². The molecule has 0 aromatic heterocycles. The van der Waals surface area contributed by atoms with Crippen LogP contribution in [0.15, 0.2) is 24.3 Å². The minimum Gasteiger partial charge on any atom is -0.372 e. The third-order valence-corrected chi connectivity index (χ3v) is 3.42. The second-order valence-electron chi connectivity index (χ2n) is 4.52. The van der Waals surface area contributed by atoms with Crippen LogP contribution in [0.4, 0.5) is 10.1 Å². The zero-order valence-electron chi connectivity index (χ0n) is 10.2. The second kappa shape index (κ2) is 6.14. The molecule has 0 radical (unpaired) electrons. The molecule has 0 spiro atoms. The first-order valence-corrected chi connectivity index (χ1v) is 6.26. The lowest BCUT2D eigenvalue weighted by atomic mass is 9.97. The minimum absolute atomic E-state index is 0.160. The molecule has 1 nitrogen and oxygen atoms in total. The van der Waals surface area contributed by atoms with Crippen LogP contribution in [-0.2, 0) is 0 Å². The number of benzene rings is 1. The molecule has 0 aliphatic heterocycles. The van der Waals surface area contributed by atoms with Crippen molar-refractivity contribution in [3.8, 4) is 0 Å². The van der Waals surface area contributed by atoms with Gasteiger partial charge in [0.25, 0.3) is 0 Å². The van der Waals surface area contributed by atoms with E-state index in [-0.39, 0.29) is 5.82 Å². The molecule has 1 rings (SSSR count). The number of rotatable bonds is 5. The van der Waals surface area contributed by atoms with Crippen LogP contribution in [0.25, 0.3) is 0 Å². The fourth-order valence-electron chi connectivity index (χ4n) is 1.69. The average molecular weight is 241 g/mol. The van der Waals surface area contributed by atoms with Crippen LogP contribution < -0.4 is 4.90 Å². The van der Waals surface area contributed by atoms with Gasteiger partial charge in [-0.2, -0.15) is 12.6 Å². The zero-order valence-corrected chi connectivity index (χ0v) is 11.0. The summed E-state index contributed by atoms with van der Waals surface area (Å²) >= 11 is 4.35. The number of hydrogen-bond donors (Lipinski definition) is 1. The Kier molecular flexibility index (Phi) is 5.13. The molecule has 0 aliphatic rings. The molecule has 0 saturated heterocycles. The Morgan fingerprint density at radius 1 is 1.31 bits per heavy atom. The molecule has 0 heterocycles. The molecule has 0 saturated carbocycles. The fraction of sp³-hybridized carbons (Fsp3) is 0.538. The van der Waals surface area contributed by atoms with E-state index in [2.05, 4.69) is 26.5 Å². The molecule has 0 fully saturated rings. The van der Waals surface area contributed by atoms with Crippen molar-refractivity contribution in [2.75, 3.05) is 24.2 Å². The molecule has 3 heteroatoms. The summed E-state index contributed by atoms with van der Waals surface area (Å²) in [5, 5.41) is 0. The third-order valence-electron chi connectivity index (χ3n) is 2.95. The summed E-state index contributed by atoms with van der Waals surface area (Å²) in [6, 6.07) is 6.88. The Hall–Kier alpha value is -0.700. The van der Waals surface area contributed by atoms with E-state index in [0.717, 1.165) is 12.3 Å². The SMILES string of the molecule is CC(C)C(CS)CN(C)c1ccccc1F. The van der Waals surface area contributed by atoms with Gasteiger partial charge in [-0.1, -0.05) is 26.0 Å². The summed E-state index contributed by atoms with van der Waals surface area (Å²) in [6.45, 7) is 5.19. The summed E-state index contributed by atoms with van der Waals surface area (Å²) in [6.07, 6.45) is 0. The predicted molar refractivity (Wildman–Crippen MR) is 71.9 cm³/mol. The van der Waals surface area contributed by atoms with Gasteiger partial charge in [-0.15, -0.1) is 0 Å². The van der Waals surface area contributed by atoms with Gasteiger partial charge in [0.15, 0.2) is 0 Å². The van der Waals surface area contributed by atoms with E-state index >= 15 is 0 Å². The van der Waals surface area contributed by atoms with Gasteiger partial charge >= 0.3 is 0 Å². The first kappa shape index (κ1) is 13.4. The highest BCUT2D eigenvalue weighted by molar-refractivity contribution is 7.80. The molecule has 1 unspecified atom stereocenters. The minimum atomic E-state index is -0.160. The van der Waals surface area contributed by atoms with Crippen molar-refractivity contribution in [1.82, 2.24) is 0 Å². The summed E-state index contributed by atoms with van der Waals surface area (Å²) in [5.41, 5.74) is 0.662. The molecule has 0 aliphatic carbocycles. The third kappa shape index (κ3) is 3.41. The normalized spacial score (nSPS) is 12.9. The molecule has 0 amide bonds. The lowest BCUT2D eigenvalue weighted by Crippen LogP contribution is -2.30. The molecule has 0 bridgehead atoms. The first-order chi connectivity index (χ1) is 7.56. The number of halogens is 1. The van der Waals surface area contributed by atoms with Gasteiger partial charge in [-0.3, -0.25) is 0 Å². The lowest BCUT2D eigenvalue weighted by molar-refractivity contribution is 0.429. The fourth-order valence-corrected chi connectivity index (χ4v) is 2.23. The Morgan fingerprint density at radius 2 is 1.94 bits per heavy atom. The van der Waals surface area contributed by atoms with E-state index in [4.69, 9.17) is 0 Å². The molecular weight excluding hydrogens is 221 g/mol. The van der Waals surface area contributed by atoms with Crippen LogP contribution in [0.3, 0.4) is 0 Å². The van der Waals surface area contributed by atoms with E-state index < -0.39 is 0 Å². The maximum absolute atomic E-state index is 13.5. The van der Waals surface area contributed by atoms with Gasteiger partial charge < -0.3 is 4.90 Å². The summed E-state index contributed by atoms with van der Waals surface area (Å²) in [5.74, 6) is 1.71. The van der Waals surface area contributed by atoms with Crippen LogP contribution in [0.2, 0.25) is 0 Å². The smallest absolute Gasteiger partial charge is 0.146 e. The maximum Gasteiger partial charge on any atom is 0.146 e. The van der Waals surface area contributed by atoms with Crippen molar-refractivity contribution in [3.63, 3.8) is 0 Å². The van der Waals surface area contributed by atoms with Crippen molar-refractivity contribution in [2.45, 2.75) is 13.8 Å². The van der Waals surface area contributed by atoms with Gasteiger partial charge in [0.2, 0.25) is 0 Å². The van der Waals surface area contributed by atoms with Crippen molar-refractivity contribution in [1.29, 1.82) is 0 Å². The van der Waals surface area contributed by atoms with E-state index in [9.17, 15) is 4.39 Å². The Labute approximate surface area is 103 Å². The molecular formula is C13H20FNS. The quantitative estimate of drug-likeness (QED) is 0.773. The van der Waals surface area contributed by atoms with Gasteiger partial charge in [0, 0.05) is 13.6 Å². The molecule has 1 atom stereocenters. The van der Waals surface area contributed by atoms with Crippen LogP contribution >= 0.6 is 12.6 Å². The number of nitrogens with zero attached hydrogens (tertiary/aromatic N) is 1. The Bertz CT molecular complexity index is 327. The van der Waals surface area contributed by atoms with Crippen molar-refractivity contribution in [3.05, 3.63) is 30.1 Å². The number of anilines is 1. The van der Waals surface area contributed by atoms with Gasteiger partial charge in [0.1, 0.15) is 5.82 Å². The largest absolute Gasteiger partial charge is 0.372 e. The molecule has 1 aromatic carbocycles. The summed E-state index contributed by atoms with van der Waals surface area (Å²) in [7, 11) is 1.93. The van der Waals surface area contributed by atoms with E-state index in [1.165, 1.54) is 6.07 Å². The Morgan fingerprint density at radius 3 is 2.44 bits per heavy atom. The standard InChI is InChI=1S/C13H20FNS/c1-10(2)11(9-16)8-15(3)13-7-5-4-6-12(13)14/h4-7,10-11,16H,8-9H2,1-3H3. The zero-order chi connectivity index (χ0) is 12.1. The van der Waals surface area contributed by atoms with Crippen molar-refractivity contribution in [2.24, 2.45) is 11.8 Å². The number of hydrogen-bond acceptors (Lipinski definition) is 2. The van der Waals surface area contributed by atoms with Crippen molar-refractivity contribution < 1.29 is 4.39 Å². The highest BCUT2D eigenvalue weighted by Gasteiger charge is 2.15. The summed E-state index contributed by atoms with van der Waals surface area (Å²) < 4.78 is 13.5. The van der Waals surface area contributed by atoms with Crippen LogP contribution in [0.1, 0.15) is 13.8 Å². The van der Waals surface area contributed by atoms with E-state index in [0.29, 0.717) is 17.5 Å². The monoisotopic (exact) mass is 241 g/mol. The molecule has 0 N–H and O–H groups in total. The molecule has 90 valence electrons. The summed E-state index contributed by atoms with van der Waals surface area (Å²) in [4.78, 5) is 1.97. The van der Waals surface area contributed by atoms with Crippen LogP contribution in [0.5, 0.6) is 0 Å². The predicted octanol–water partition coefficient (Wildman–Crippen LogP) is 3.46. The second-order valence-corrected chi connectivity index (χ2v) is 4.88. The first-order valence-electron chi connectivity index (χ1n) is 5.62. The molecule has 1 aromatic rings. The van der Waals surface area contributed by atoms with Gasteiger partial charge in [-0.05, 0) is 29.7 Å². The van der Waals surface area contributed by atoms with E-state index in [1.807, 2.05) is 24.1 Å².